The van der Waals surface area contributed by atoms with Crippen molar-refractivity contribution in [2.45, 2.75) is 57.7 Å². The largest absolute Gasteiger partial charge is 0.497 e. The number of ether oxygens (including phenoxy) is 3. The Morgan fingerprint density at radius 3 is 2.71 bits per heavy atom. The van der Waals surface area contributed by atoms with Crippen LogP contribution >= 0.6 is 0 Å². The summed E-state index contributed by atoms with van der Waals surface area (Å²) in [7, 11) is 1.64. The summed E-state index contributed by atoms with van der Waals surface area (Å²) in [6.45, 7) is 1.54. The van der Waals surface area contributed by atoms with E-state index in [1.807, 2.05) is 34.9 Å². The van der Waals surface area contributed by atoms with Crippen LogP contribution in [-0.4, -0.2) is 22.7 Å². The molecular formula is C27H31N3O4. The van der Waals surface area contributed by atoms with E-state index in [0.717, 1.165) is 53.6 Å². The van der Waals surface area contributed by atoms with Gasteiger partial charge in [0.05, 0.1) is 24.3 Å². The van der Waals surface area contributed by atoms with Crippen molar-refractivity contribution in [2.24, 2.45) is 5.92 Å². The molecule has 0 atom stereocenters. The number of methoxy groups -OCH3 is 1. The molecule has 0 amide bonds. The van der Waals surface area contributed by atoms with Gasteiger partial charge in [-0.15, -0.1) is 0 Å². The highest BCUT2D eigenvalue weighted by Crippen LogP contribution is 2.32. The van der Waals surface area contributed by atoms with Gasteiger partial charge in [-0.1, -0.05) is 6.07 Å². The topological polar surface area (TPSA) is 74.6 Å². The van der Waals surface area contributed by atoms with Crippen LogP contribution in [0.1, 0.15) is 44.1 Å². The Labute approximate surface area is 199 Å². The molecule has 2 aromatic carbocycles. The third-order valence-electron chi connectivity index (χ3n) is 6.94. The molecule has 7 heteroatoms. The minimum Gasteiger partial charge on any atom is -0.497 e. The van der Waals surface area contributed by atoms with Crippen LogP contribution < -0.4 is 25.1 Å². The highest BCUT2D eigenvalue weighted by atomic mass is 16.5. The molecule has 1 N–H and O–H groups in total. The molecule has 1 aliphatic carbocycles. The number of benzene rings is 2. The second kappa shape index (κ2) is 10.3. The van der Waals surface area contributed by atoms with Crippen molar-refractivity contribution in [2.75, 3.05) is 7.11 Å². The first-order chi connectivity index (χ1) is 16.7. The molecule has 0 radical (unpaired) electrons. The van der Waals surface area contributed by atoms with Gasteiger partial charge >= 0.3 is 0 Å². The second-order valence-electron chi connectivity index (χ2n) is 9.13. The zero-order valence-electron chi connectivity index (χ0n) is 19.5. The van der Waals surface area contributed by atoms with Crippen molar-refractivity contribution in [3.05, 3.63) is 71.0 Å². The lowest BCUT2D eigenvalue weighted by molar-refractivity contribution is 0.272. The van der Waals surface area contributed by atoms with E-state index in [9.17, 15) is 4.79 Å². The van der Waals surface area contributed by atoms with Crippen LogP contribution in [0.5, 0.6) is 17.2 Å². The molecule has 3 aromatic rings. The van der Waals surface area contributed by atoms with Gasteiger partial charge in [-0.3, -0.25) is 4.79 Å². The maximum Gasteiger partial charge on any atom is 0.269 e. The van der Waals surface area contributed by atoms with Crippen LogP contribution in [0, 0.1) is 5.92 Å². The molecule has 0 saturated heterocycles. The quantitative estimate of drug-likeness (QED) is 0.521. The average Bonchev–Trinajstić information content (AvgIpc) is 2.89. The highest BCUT2D eigenvalue weighted by Gasteiger charge is 2.21. The van der Waals surface area contributed by atoms with E-state index in [1.54, 1.807) is 19.6 Å². The van der Waals surface area contributed by atoms with Gasteiger partial charge in [-0.25, -0.2) is 4.98 Å². The van der Waals surface area contributed by atoms with E-state index in [0.29, 0.717) is 12.6 Å². The third kappa shape index (κ3) is 5.09. The van der Waals surface area contributed by atoms with Gasteiger partial charge in [0.2, 0.25) is 0 Å². The summed E-state index contributed by atoms with van der Waals surface area (Å²) in [4.78, 5) is 16.7. The highest BCUT2D eigenvalue weighted by molar-refractivity contribution is 5.76. The molecule has 5 rings (SSSR count). The summed E-state index contributed by atoms with van der Waals surface area (Å²) in [5, 5.41) is 3.71. The van der Waals surface area contributed by atoms with Gasteiger partial charge < -0.3 is 24.1 Å². The van der Waals surface area contributed by atoms with Crippen molar-refractivity contribution in [1.29, 1.82) is 0 Å². The lowest BCUT2D eigenvalue weighted by Gasteiger charge is -2.29. The average molecular weight is 462 g/mol. The molecule has 1 fully saturated rings. The molecule has 1 aromatic heterocycles. The van der Waals surface area contributed by atoms with Crippen LogP contribution in [-0.2, 0) is 13.1 Å². The molecule has 34 heavy (non-hydrogen) atoms. The van der Waals surface area contributed by atoms with Crippen molar-refractivity contribution >= 4 is 11.0 Å². The number of nitrogens with one attached hydrogen (secondary N) is 1. The van der Waals surface area contributed by atoms with Crippen LogP contribution in [0.25, 0.3) is 11.0 Å². The Balaban J connectivity index is 1.09. The van der Waals surface area contributed by atoms with Crippen molar-refractivity contribution in [3.8, 4) is 17.2 Å². The molecule has 0 bridgehead atoms. The molecule has 2 aliphatic rings. The van der Waals surface area contributed by atoms with Gasteiger partial charge in [0.25, 0.3) is 5.56 Å². The molecule has 0 spiro atoms. The summed E-state index contributed by atoms with van der Waals surface area (Å²) >= 11 is 0. The first kappa shape index (κ1) is 22.5. The van der Waals surface area contributed by atoms with Crippen molar-refractivity contribution in [3.63, 3.8) is 0 Å². The predicted molar refractivity (Wildman–Crippen MR) is 131 cm³/mol. The number of aromatic nitrogens is 2. The van der Waals surface area contributed by atoms with Gasteiger partial charge in [-0.2, -0.15) is 0 Å². The Morgan fingerprint density at radius 2 is 1.88 bits per heavy atom. The van der Waals surface area contributed by atoms with Gasteiger partial charge in [0, 0.05) is 25.2 Å². The maximum absolute atomic E-state index is 12.5. The molecule has 7 nitrogen and oxygen atoms in total. The number of rotatable bonds is 8. The summed E-state index contributed by atoms with van der Waals surface area (Å²) in [6.07, 6.45) is 11.5. The smallest absolute Gasteiger partial charge is 0.269 e. The fourth-order valence-corrected chi connectivity index (χ4v) is 5.01. The Morgan fingerprint density at radius 1 is 1.06 bits per heavy atom. The number of nitrogens with zero attached hydrogens (tertiary/aromatic N) is 2. The lowest BCUT2D eigenvalue weighted by Crippen LogP contribution is -2.32. The second-order valence-corrected chi connectivity index (χ2v) is 9.13. The number of hydrogen-bond donors (Lipinski definition) is 1. The normalized spacial score (nSPS) is 19.3. The molecular weight excluding hydrogens is 430 g/mol. The fraction of sp³-hybridized carbons (Fsp3) is 0.407. The Hall–Kier alpha value is -3.32. The Bertz CT molecular complexity index is 1230. The molecule has 1 saturated carbocycles. The zero-order chi connectivity index (χ0) is 23.3. The van der Waals surface area contributed by atoms with Crippen LogP contribution in [0.3, 0.4) is 0 Å². The van der Waals surface area contributed by atoms with Crippen molar-refractivity contribution in [1.82, 2.24) is 14.9 Å². The van der Waals surface area contributed by atoms with E-state index in [4.69, 9.17) is 14.2 Å². The summed E-state index contributed by atoms with van der Waals surface area (Å²) < 4.78 is 18.1. The van der Waals surface area contributed by atoms with E-state index in [2.05, 4.69) is 16.4 Å². The van der Waals surface area contributed by atoms with Crippen molar-refractivity contribution < 1.29 is 14.2 Å². The van der Waals surface area contributed by atoms with Gasteiger partial charge in [-0.05, 0) is 74.3 Å². The molecule has 178 valence electrons. The predicted octanol–water partition coefficient (Wildman–Crippen LogP) is 4.78. The lowest BCUT2D eigenvalue weighted by atomic mass is 9.83. The van der Waals surface area contributed by atoms with Gasteiger partial charge in [0.1, 0.15) is 18.3 Å². The monoisotopic (exact) mass is 461 g/mol. The fourth-order valence-electron chi connectivity index (χ4n) is 5.01. The minimum absolute atomic E-state index is 0.0520. The first-order valence-corrected chi connectivity index (χ1v) is 12.1. The summed E-state index contributed by atoms with van der Waals surface area (Å²) in [6, 6.07) is 12.3. The van der Waals surface area contributed by atoms with E-state index in [1.165, 1.54) is 37.4 Å². The molecule has 2 heterocycles. The third-order valence-corrected chi connectivity index (χ3v) is 6.94. The number of fused-ring (bicyclic) bond motifs is 2. The number of hydrogen-bond acceptors (Lipinski definition) is 6. The zero-order valence-corrected chi connectivity index (χ0v) is 19.5. The maximum atomic E-state index is 12.5. The summed E-state index contributed by atoms with van der Waals surface area (Å²) in [5.41, 5.74) is 2.81. The standard InChI is InChI=1S/C27H31N3O4/c1-32-22-9-10-23-24(16-22)30(27(31)18-29-23)12-2-3-19-4-7-21(8-5-19)28-17-20-6-11-25-26(15-20)34-14-13-33-25/h6,9-11,13-16,18-19,21,28H,2-5,7-8,12,17H2,1H3. The first-order valence-electron chi connectivity index (χ1n) is 12.1. The van der Waals surface area contributed by atoms with Crippen LogP contribution in [0.15, 0.2) is 59.9 Å². The SMILES string of the molecule is COc1ccc2ncc(=O)n(CCCC3CCC(NCc4ccc5c(c4)OC=CO5)CC3)c2c1. The molecule has 1 aliphatic heterocycles. The van der Waals surface area contributed by atoms with Gasteiger partial charge in [0.15, 0.2) is 11.5 Å². The minimum atomic E-state index is -0.0520. The van der Waals surface area contributed by atoms with E-state index in [-0.39, 0.29) is 5.56 Å². The Kier molecular flexibility index (Phi) is 6.81. The number of aryl methyl sites for hydroxylation is 1. The van der Waals surface area contributed by atoms with Crippen LogP contribution in [0.4, 0.5) is 0 Å². The summed E-state index contributed by atoms with van der Waals surface area (Å²) in [5.74, 6) is 2.99. The van der Waals surface area contributed by atoms with E-state index >= 15 is 0 Å². The van der Waals surface area contributed by atoms with E-state index < -0.39 is 0 Å². The van der Waals surface area contributed by atoms with Crippen LogP contribution in [0.2, 0.25) is 0 Å². The molecule has 0 unspecified atom stereocenters.